The van der Waals surface area contributed by atoms with Crippen molar-refractivity contribution >= 4 is 34.0 Å². The highest BCUT2D eigenvalue weighted by atomic mass is 32.1. The van der Waals surface area contributed by atoms with Crippen LogP contribution in [0.5, 0.6) is 0 Å². The summed E-state index contributed by atoms with van der Waals surface area (Å²) >= 11 is 1.26. The van der Waals surface area contributed by atoms with Gasteiger partial charge in [0, 0.05) is 24.7 Å². The Bertz CT molecular complexity index is 677. The smallest absolute Gasteiger partial charge is 0.317 e. The molecule has 6 nitrogen and oxygen atoms in total. The first-order valence-electron chi connectivity index (χ1n) is 6.16. The van der Waals surface area contributed by atoms with Crippen molar-refractivity contribution in [1.29, 1.82) is 0 Å². The van der Waals surface area contributed by atoms with Gasteiger partial charge in [0.2, 0.25) is 0 Å². The molecule has 1 aromatic heterocycles. The fourth-order valence-electron chi connectivity index (χ4n) is 1.84. The van der Waals surface area contributed by atoms with Gasteiger partial charge in [-0.2, -0.15) is 0 Å². The van der Waals surface area contributed by atoms with Gasteiger partial charge in [-0.15, -0.1) is 11.3 Å². The third-order valence-corrected chi connectivity index (χ3v) is 4.00. The summed E-state index contributed by atoms with van der Waals surface area (Å²) in [5, 5.41) is 2.79. The van der Waals surface area contributed by atoms with E-state index < -0.39 is 11.9 Å². The highest BCUT2D eigenvalue weighted by Gasteiger charge is 2.16. The van der Waals surface area contributed by atoms with Gasteiger partial charge in [0.25, 0.3) is 5.91 Å². The van der Waals surface area contributed by atoms with E-state index >= 15 is 0 Å². The van der Waals surface area contributed by atoms with Crippen LogP contribution >= 0.6 is 11.3 Å². The van der Waals surface area contributed by atoms with Crippen LogP contribution in [0.25, 0.3) is 10.4 Å². The molecular weight excluding hydrogens is 288 g/mol. The largest absolute Gasteiger partial charge is 0.378 e. The van der Waals surface area contributed by atoms with Crippen molar-refractivity contribution in [3.05, 3.63) is 35.9 Å². The molecule has 0 atom stereocenters. The van der Waals surface area contributed by atoms with Crippen LogP contribution in [0.2, 0.25) is 0 Å². The van der Waals surface area contributed by atoms with Crippen molar-refractivity contribution in [1.82, 2.24) is 0 Å². The van der Waals surface area contributed by atoms with Crippen molar-refractivity contribution < 1.29 is 9.59 Å². The van der Waals surface area contributed by atoms with Crippen molar-refractivity contribution in [2.75, 3.05) is 24.3 Å². The summed E-state index contributed by atoms with van der Waals surface area (Å²) in [6.07, 6.45) is 0. The first-order valence-corrected chi connectivity index (χ1v) is 6.98. The molecule has 1 aromatic carbocycles. The topological polar surface area (TPSA) is 101 Å². The number of nitrogens with two attached hydrogens (primary N) is 2. The average Bonchev–Trinajstić information content (AvgIpc) is 2.82. The van der Waals surface area contributed by atoms with Crippen molar-refractivity contribution in [3.8, 4) is 10.4 Å². The first kappa shape index (κ1) is 14.9. The number of amides is 3. The molecule has 0 fully saturated rings. The van der Waals surface area contributed by atoms with E-state index in [0.29, 0.717) is 5.00 Å². The summed E-state index contributed by atoms with van der Waals surface area (Å²) in [5.41, 5.74) is 12.7. The standard InChI is InChI=1S/C14H16N4O2S/c1-18(2)9-5-3-8(4-6-9)11-7-10(12(15)19)13(21-11)17-14(16)20/h3-7H,1-2H3,(H2,15,19)(H3,16,17,20). The molecule has 0 unspecified atom stereocenters. The van der Waals surface area contributed by atoms with Crippen LogP contribution < -0.4 is 21.7 Å². The molecule has 0 saturated heterocycles. The highest BCUT2D eigenvalue weighted by molar-refractivity contribution is 7.20. The maximum atomic E-state index is 11.4. The van der Waals surface area contributed by atoms with Gasteiger partial charge >= 0.3 is 6.03 Å². The maximum absolute atomic E-state index is 11.4. The predicted molar refractivity (Wildman–Crippen MR) is 85.8 cm³/mol. The van der Waals surface area contributed by atoms with E-state index in [1.807, 2.05) is 43.3 Å². The molecule has 7 heteroatoms. The van der Waals surface area contributed by atoms with Gasteiger partial charge in [-0.05, 0) is 23.8 Å². The number of hydrogen-bond donors (Lipinski definition) is 3. The van der Waals surface area contributed by atoms with Crippen LogP contribution in [0.15, 0.2) is 30.3 Å². The summed E-state index contributed by atoms with van der Waals surface area (Å²) in [6.45, 7) is 0. The first-order chi connectivity index (χ1) is 9.88. The molecule has 0 saturated carbocycles. The van der Waals surface area contributed by atoms with E-state index in [0.717, 1.165) is 16.1 Å². The van der Waals surface area contributed by atoms with Crippen LogP contribution in [0.3, 0.4) is 0 Å². The number of benzene rings is 1. The molecule has 0 aliphatic heterocycles. The fraction of sp³-hybridized carbons (Fsp3) is 0.143. The fourth-order valence-corrected chi connectivity index (χ4v) is 2.92. The van der Waals surface area contributed by atoms with Gasteiger partial charge in [-0.3, -0.25) is 10.1 Å². The van der Waals surface area contributed by atoms with Crippen molar-refractivity contribution in [2.45, 2.75) is 0 Å². The molecule has 0 aliphatic carbocycles. The second-order valence-corrected chi connectivity index (χ2v) is 5.70. The zero-order chi connectivity index (χ0) is 15.6. The van der Waals surface area contributed by atoms with E-state index in [4.69, 9.17) is 11.5 Å². The Morgan fingerprint density at radius 1 is 1.14 bits per heavy atom. The van der Waals surface area contributed by atoms with Crippen LogP contribution in [0, 0.1) is 0 Å². The molecular formula is C14H16N4O2S. The molecule has 5 N–H and O–H groups in total. The minimum Gasteiger partial charge on any atom is -0.378 e. The quantitative estimate of drug-likeness (QED) is 0.805. The molecule has 21 heavy (non-hydrogen) atoms. The lowest BCUT2D eigenvalue weighted by Crippen LogP contribution is -2.21. The van der Waals surface area contributed by atoms with Crippen LogP contribution in [0.1, 0.15) is 10.4 Å². The molecule has 2 rings (SSSR count). The monoisotopic (exact) mass is 304 g/mol. The number of rotatable bonds is 4. The second-order valence-electron chi connectivity index (χ2n) is 4.65. The number of hydrogen-bond acceptors (Lipinski definition) is 4. The highest BCUT2D eigenvalue weighted by Crippen LogP contribution is 2.35. The van der Waals surface area contributed by atoms with E-state index in [2.05, 4.69) is 5.32 Å². The number of anilines is 2. The molecule has 0 spiro atoms. The molecule has 3 amide bonds. The Morgan fingerprint density at radius 2 is 1.76 bits per heavy atom. The average molecular weight is 304 g/mol. The molecule has 2 aromatic rings. The van der Waals surface area contributed by atoms with E-state index in [1.165, 1.54) is 11.3 Å². The number of nitrogens with one attached hydrogen (secondary N) is 1. The summed E-state index contributed by atoms with van der Waals surface area (Å²) in [6, 6.07) is 8.76. The number of carbonyl (C=O) groups is 2. The Morgan fingerprint density at radius 3 is 2.24 bits per heavy atom. The number of carbonyl (C=O) groups excluding carboxylic acids is 2. The van der Waals surface area contributed by atoms with Crippen LogP contribution in [-0.4, -0.2) is 26.0 Å². The van der Waals surface area contributed by atoms with E-state index in [-0.39, 0.29) is 5.56 Å². The zero-order valence-electron chi connectivity index (χ0n) is 11.7. The van der Waals surface area contributed by atoms with Gasteiger partial charge < -0.3 is 16.4 Å². The van der Waals surface area contributed by atoms with Gasteiger partial charge in [0.1, 0.15) is 5.00 Å². The summed E-state index contributed by atoms with van der Waals surface area (Å²) < 4.78 is 0. The molecule has 0 aliphatic rings. The van der Waals surface area contributed by atoms with Gasteiger partial charge in [-0.25, -0.2) is 4.79 Å². The third kappa shape index (κ3) is 3.32. The molecule has 0 radical (unpaired) electrons. The lowest BCUT2D eigenvalue weighted by molar-refractivity contribution is 0.100. The third-order valence-electron chi connectivity index (χ3n) is 2.90. The minimum atomic E-state index is -0.728. The lowest BCUT2D eigenvalue weighted by Gasteiger charge is -2.12. The number of urea groups is 1. The predicted octanol–water partition coefficient (Wildman–Crippen LogP) is 2.07. The van der Waals surface area contributed by atoms with Gasteiger partial charge in [0.05, 0.1) is 5.56 Å². The second kappa shape index (κ2) is 5.84. The molecule has 110 valence electrons. The Balaban J connectivity index is 2.39. The van der Waals surface area contributed by atoms with Gasteiger partial charge in [0.15, 0.2) is 0 Å². The molecule has 0 bridgehead atoms. The number of nitrogens with zero attached hydrogens (tertiary/aromatic N) is 1. The summed E-state index contributed by atoms with van der Waals surface area (Å²) in [4.78, 5) is 25.2. The summed E-state index contributed by atoms with van der Waals surface area (Å²) in [7, 11) is 3.92. The normalized spacial score (nSPS) is 10.2. The van der Waals surface area contributed by atoms with Gasteiger partial charge in [-0.1, -0.05) is 12.1 Å². The lowest BCUT2D eigenvalue weighted by atomic mass is 10.1. The molecule has 1 heterocycles. The Kier molecular flexibility index (Phi) is 4.13. The summed E-state index contributed by atoms with van der Waals surface area (Å²) in [5.74, 6) is -0.605. The zero-order valence-corrected chi connectivity index (χ0v) is 12.5. The van der Waals surface area contributed by atoms with E-state index in [1.54, 1.807) is 6.07 Å². The van der Waals surface area contributed by atoms with Crippen LogP contribution in [-0.2, 0) is 0 Å². The number of primary amides is 2. The minimum absolute atomic E-state index is 0.255. The van der Waals surface area contributed by atoms with Crippen LogP contribution in [0.4, 0.5) is 15.5 Å². The van der Waals surface area contributed by atoms with Crippen molar-refractivity contribution in [3.63, 3.8) is 0 Å². The Labute approximate surface area is 126 Å². The Hall–Kier alpha value is -2.54. The van der Waals surface area contributed by atoms with Crippen molar-refractivity contribution in [2.24, 2.45) is 11.5 Å². The van der Waals surface area contributed by atoms with E-state index in [9.17, 15) is 9.59 Å². The number of thiophene rings is 1. The maximum Gasteiger partial charge on any atom is 0.317 e. The SMILES string of the molecule is CN(C)c1ccc(-c2cc(C(N)=O)c(NC(N)=O)s2)cc1.